The van der Waals surface area contributed by atoms with Crippen molar-refractivity contribution in [1.29, 1.82) is 0 Å². The number of rotatable bonds is 8. The molecule has 2 aromatic carbocycles. The summed E-state index contributed by atoms with van der Waals surface area (Å²) in [4.78, 5) is 12.4. The van der Waals surface area contributed by atoms with Gasteiger partial charge in [-0.3, -0.25) is 4.79 Å². The maximum Gasteiger partial charge on any atom is 0.310 e. The highest BCUT2D eigenvalue weighted by Gasteiger charge is 2.18. The molecular formula is C23H24FNO5S. The molecule has 0 aliphatic rings. The zero-order valence-electron chi connectivity index (χ0n) is 17.6. The summed E-state index contributed by atoms with van der Waals surface area (Å²) < 4.78 is 49.4. The molecule has 0 N–H and O–H groups in total. The average molecular weight is 446 g/mol. The van der Waals surface area contributed by atoms with Gasteiger partial charge in [-0.1, -0.05) is 18.2 Å². The molecule has 0 unspecified atom stereocenters. The van der Waals surface area contributed by atoms with E-state index in [-0.39, 0.29) is 23.7 Å². The number of esters is 1. The Hall–Kier alpha value is -2.97. The second kappa shape index (κ2) is 9.45. The van der Waals surface area contributed by atoms with Gasteiger partial charge < -0.3 is 14.0 Å². The lowest BCUT2D eigenvalue weighted by atomic mass is 10.1. The van der Waals surface area contributed by atoms with Crippen LogP contribution in [0.2, 0.25) is 0 Å². The van der Waals surface area contributed by atoms with Crippen LogP contribution in [0.1, 0.15) is 11.3 Å². The molecule has 0 spiro atoms. The van der Waals surface area contributed by atoms with Gasteiger partial charge in [0.05, 0.1) is 23.6 Å². The molecule has 0 fully saturated rings. The number of hydrogen-bond acceptors (Lipinski definition) is 5. The average Bonchev–Trinajstić information content (AvgIpc) is 3.03. The van der Waals surface area contributed by atoms with E-state index < -0.39 is 15.8 Å². The Morgan fingerprint density at radius 3 is 2.39 bits per heavy atom. The molecule has 0 atom stereocenters. The molecule has 0 amide bonds. The van der Waals surface area contributed by atoms with Crippen LogP contribution in [0.3, 0.4) is 0 Å². The van der Waals surface area contributed by atoms with Crippen LogP contribution in [0.5, 0.6) is 0 Å². The Kier molecular flexibility index (Phi) is 6.92. The van der Waals surface area contributed by atoms with Crippen molar-refractivity contribution in [2.45, 2.75) is 18.2 Å². The van der Waals surface area contributed by atoms with E-state index in [1.165, 1.54) is 31.4 Å². The number of ether oxygens (including phenoxy) is 2. The summed E-state index contributed by atoms with van der Waals surface area (Å²) in [6.45, 7) is 2.32. The van der Waals surface area contributed by atoms with Crippen LogP contribution in [0.15, 0.2) is 59.5 Å². The van der Waals surface area contributed by atoms with Crippen molar-refractivity contribution in [2.24, 2.45) is 0 Å². The van der Waals surface area contributed by atoms with Crippen LogP contribution in [0.25, 0.3) is 16.9 Å². The first-order valence-corrected chi connectivity index (χ1v) is 11.5. The molecule has 6 nitrogen and oxygen atoms in total. The topological polar surface area (TPSA) is 74.6 Å². The van der Waals surface area contributed by atoms with E-state index in [2.05, 4.69) is 0 Å². The van der Waals surface area contributed by atoms with Crippen molar-refractivity contribution in [1.82, 2.24) is 4.57 Å². The van der Waals surface area contributed by atoms with Crippen LogP contribution in [0, 0.1) is 12.7 Å². The van der Waals surface area contributed by atoms with E-state index in [0.29, 0.717) is 18.0 Å². The van der Waals surface area contributed by atoms with E-state index in [9.17, 15) is 17.6 Å². The molecule has 0 aliphatic heterocycles. The molecule has 8 heteroatoms. The number of carbonyl (C=O) groups excluding carboxylic acids is 1. The molecule has 0 radical (unpaired) electrons. The standard InChI is InChI=1S/C23H24FNO5S/c1-16-18(14-23(26)30-12-11-29-2)13-22(25(16)20-6-4-5-19(24)15-20)17-7-9-21(10-8-17)31(3,27)28/h4-10,13,15H,11-12,14H2,1-3H3. The van der Waals surface area contributed by atoms with Gasteiger partial charge >= 0.3 is 5.97 Å². The Balaban J connectivity index is 2.05. The minimum absolute atomic E-state index is 0.0479. The molecule has 0 aliphatic carbocycles. The Morgan fingerprint density at radius 2 is 1.77 bits per heavy atom. The Labute approximate surface area is 181 Å². The first-order valence-electron chi connectivity index (χ1n) is 9.63. The third-order valence-corrected chi connectivity index (χ3v) is 6.01. The van der Waals surface area contributed by atoms with Crippen LogP contribution in [-0.2, 0) is 30.5 Å². The second-order valence-corrected chi connectivity index (χ2v) is 9.16. The lowest BCUT2D eigenvalue weighted by Crippen LogP contribution is -2.12. The van der Waals surface area contributed by atoms with Crippen LogP contribution in [0.4, 0.5) is 4.39 Å². The molecule has 3 aromatic rings. The van der Waals surface area contributed by atoms with Crippen LogP contribution >= 0.6 is 0 Å². The molecule has 164 valence electrons. The van der Waals surface area contributed by atoms with Gasteiger partial charge in [-0.2, -0.15) is 0 Å². The fourth-order valence-electron chi connectivity index (χ4n) is 3.32. The van der Waals surface area contributed by atoms with Gasteiger partial charge in [0.25, 0.3) is 0 Å². The van der Waals surface area contributed by atoms with Crippen molar-refractivity contribution in [3.63, 3.8) is 0 Å². The summed E-state index contributed by atoms with van der Waals surface area (Å²) in [5.74, 6) is -0.778. The lowest BCUT2D eigenvalue weighted by Gasteiger charge is -2.13. The number of nitrogens with zero attached hydrogens (tertiary/aromatic N) is 1. The van der Waals surface area contributed by atoms with Crippen molar-refractivity contribution >= 4 is 15.8 Å². The summed E-state index contributed by atoms with van der Waals surface area (Å²) in [6, 6.07) is 14.4. The summed E-state index contributed by atoms with van der Waals surface area (Å²) in [6.07, 6.45) is 1.20. The van der Waals surface area contributed by atoms with Crippen molar-refractivity contribution in [3.8, 4) is 16.9 Å². The first-order chi connectivity index (χ1) is 14.7. The number of halogens is 1. The number of aromatic nitrogens is 1. The fourth-order valence-corrected chi connectivity index (χ4v) is 3.95. The molecule has 0 saturated carbocycles. The molecular weight excluding hydrogens is 421 g/mol. The predicted molar refractivity (Wildman–Crippen MR) is 116 cm³/mol. The Bertz CT molecular complexity index is 1180. The Morgan fingerprint density at radius 1 is 1.06 bits per heavy atom. The molecule has 1 aromatic heterocycles. The van der Waals surface area contributed by atoms with Crippen molar-refractivity contribution < 1.29 is 27.1 Å². The number of carbonyl (C=O) groups is 1. The minimum atomic E-state index is -3.33. The molecule has 0 saturated heterocycles. The second-order valence-electron chi connectivity index (χ2n) is 7.14. The van der Waals surface area contributed by atoms with Gasteiger partial charge in [0.2, 0.25) is 0 Å². The monoisotopic (exact) mass is 445 g/mol. The van der Waals surface area contributed by atoms with Gasteiger partial charge in [-0.25, -0.2) is 12.8 Å². The molecule has 3 rings (SSSR count). The lowest BCUT2D eigenvalue weighted by molar-refractivity contribution is -0.144. The smallest absolute Gasteiger partial charge is 0.310 e. The van der Waals surface area contributed by atoms with E-state index in [4.69, 9.17) is 9.47 Å². The van der Waals surface area contributed by atoms with Gasteiger partial charge in [-0.05, 0) is 54.4 Å². The molecule has 31 heavy (non-hydrogen) atoms. The highest BCUT2D eigenvalue weighted by Crippen LogP contribution is 2.31. The van der Waals surface area contributed by atoms with Gasteiger partial charge in [-0.15, -0.1) is 0 Å². The van der Waals surface area contributed by atoms with E-state index in [1.807, 2.05) is 17.6 Å². The maximum atomic E-state index is 13.9. The number of sulfone groups is 1. The third kappa shape index (κ3) is 5.39. The quantitative estimate of drug-likeness (QED) is 0.390. The first kappa shape index (κ1) is 22.7. The van der Waals surface area contributed by atoms with Crippen LogP contribution < -0.4 is 0 Å². The minimum Gasteiger partial charge on any atom is -0.463 e. The zero-order chi connectivity index (χ0) is 22.6. The fraction of sp³-hybridized carbons (Fsp3) is 0.261. The van der Waals surface area contributed by atoms with E-state index in [1.54, 1.807) is 24.3 Å². The van der Waals surface area contributed by atoms with E-state index >= 15 is 0 Å². The van der Waals surface area contributed by atoms with E-state index in [0.717, 1.165) is 23.1 Å². The summed E-state index contributed by atoms with van der Waals surface area (Å²) >= 11 is 0. The SMILES string of the molecule is COCCOC(=O)Cc1cc(-c2ccc(S(C)(=O)=O)cc2)n(-c2cccc(F)c2)c1C. The third-order valence-electron chi connectivity index (χ3n) is 4.88. The largest absolute Gasteiger partial charge is 0.463 e. The number of benzene rings is 2. The number of methoxy groups -OCH3 is 1. The highest BCUT2D eigenvalue weighted by molar-refractivity contribution is 7.90. The summed E-state index contributed by atoms with van der Waals surface area (Å²) in [5, 5.41) is 0. The number of hydrogen-bond donors (Lipinski definition) is 0. The van der Waals surface area contributed by atoms with Crippen LogP contribution in [-0.4, -0.2) is 45.5 Å². The zero-order valence-corrected chi connectivity index (χ0v) is 18.4. The highest BCUT2D eigenvalue weighted by atomic mass is 32.2. The van der Waals surface area contributed by atoms with Crippen molar-refractivity contribution in [2.75, 3.05) is 26.6 Å². The normalized spacial score (nSPS) is 11.5. The van der Waals surface area contributed by atoms with Gasteiger partial charge in [0.15, 0.2) is 9.84 Å². The van der Waals surface area contributed by atoms with Gasteiger partial charge in [0.1, 0.15) is 12.4 Å². The predicted octanol–water partition coefficient (Wildman–Crippen LogP) is 3.73. The molecule has 1 heterocycles. The molecule has 0 bridgehead atoms. The maximum absolute atomic E-state index is 13.9. The van der Waals surface area contributed by atoms with Crippen molar-refractivity contribution in [3.05, 3.63) is 71.7 Å². The van der Waals surface area contributed by atoms with Gasteiger partial charge in [0, 0.05) is 24.7 Å². The summed E-state index contributed by atoms with van der Waals surface area (Å²) in [7, 11) is -1.80. The summed E-state index contributed by atoms with van der Waals surface area (Å²) in [5.41, 5.74) is 3.53.